The predicted molar refractivity (Wildman–Crippen MR) is 51.3 cm³/mol. The van der Waals surface area contributed by atoms with Gasteiger partial charge in [0.15, 0.2) is 0 Å². The molecule has 0 aromatic carbocycles. The van der Waals surface area contributed by atoms with Crippen LogP contribution < -0.4 is 0 Å². The van der Waals surface area contributed by atoms with Gasteiger partial charge < -0.3 is 9.47 Å². The Morgan fingerprint density at radius 1 is 1.23 bits per heavy atom. The van der Waals surface area contributed by atoms with E-state index in [0.29, 0.717) is 19.6 Å². The molecule has 0 unspecified atom stereocenters. The largest absolute Gasteiger partial charge is 0.379 e. The van der Waals surface area contributed by atoms with Gasteiger partial charge in [0.05, 0.1) is 24.7 Å². The number of ether oxygens (including phenoxy) is 2. The van der Waals surface area contributed by atoms with Crippen molar-refractivity contribution in [1.29, 1.82) is 5.26 Å². The number of hydrogen-bond acceptors (Lipinski definition) is 3. The Bertz CT molecular complexity index is 153. The minimum atomic E-state index is 0.0246. The maximum absolute atomic E-state index is 8.54. The summed E-state index contributed by atoms with van der Waals surface area (Å²) in [5.74, 6) is 0. The molecule has 0 aliphatic rings. The van der Waals surface area contributed by atoms with Gasteiger partial charge in [-0.05, 0) is 20.8 Å². The summed E-state index contributed by atoms with van der Waals surface area (Å²) in [7, 11) is 0. The van der Waals surface area contributed by atoms with Crippen molar-refractivity contribution in [2.45, 2.75) is 45.8 Å². The van der Waals surface area contributed by atoms with Crippen LogP contribution in [0.1, 0.15) is 33.6 Å². The fourth-order valence-corrected chi connectivity index (χ4v) is 1.27. The molecule has 3 heteroatoms. The molecule has 0 fully saturated rings. The molecule has 0 spiro atoms. The van der Waals surface area contributed by atoms with Gasteiger partial charge in [0, 0.05) is 19.6 Å². The molecule has 0 radical (unpaired) electrons. The van der Waals surface area contributed by atoms with Gasteiger partial charge in [-0.25, -0.2) is 0 Å². The van der Waals surface area contributed by atoms with Crippen LogP contribution in [0.2, 0.25) is 0 Å². The van der Waals surface area contributed by atoms with Gasteiger partial charge in [-0.1, -0.05) is 0 Å². The summed E-state index contributed by atoms with van der Waals surface area (Å²) in [6.07, 6.45) is 1.45. The summed E-state index contributed by atoms with van der Waals surface area (Å²) in [5.41, 5.74) is 0. The Kier molecular flexibility index (Phi) is 7.66. The van der Waals surface area contributed by atoms with Crippen molar-refractivity contribution in [3.8, 4) is 6.07 Å². The van der Waals surface area contributed by atoms with E-state index >= 15 is 0 Å². The molecule has 76 valence electrons. The van der Waals surface area contributed by atoms with Crippen molar-refractivity contribution in [2.75, 3.05) is 13.2 Å². The standard InChI is InChI=1S/C10H19NO2/c1-4-12-9(3)8-10(6-7-11)13-5-2/h9-10H,4-6,8H2,1-3H3/t9-,10-/m1/s1. The molecule has 0 heterocycles. The fourth-order valence-electron chi connectivity index (χ4n) is 1.27. The monoisotopic (exact) mass is 185 g/mol. The van der Waals surface area contributed by atoms with Crippen molar-refractivity contribution in [3.63, 3.8) is 0 Å². The van der Waals surface area contributed by atoms with Gasteiger partial charge in [-0.2, -0.15) is 5.26 Å². The van der Waals surface area contributed by atoms with Crippen LogP contribution in [-0.2, 0) is 9.47 Å². The Morgan fingerprint density at radius 3 is 2.31 bits per heavy atom. The SMILES string of the molecule is CCO[C@H](CC#N)C[C@@H](C)OCC. The first kappa shape index (κ1) is 12.4. The van der Waals surface area contributed by atoms with E-state index in [2.05, 4.69) is 6.07 Å². The van der Waals surface area contributed by atoms with E-state index in [9.17, 15) is 0 Å². The second-order valence-corrected chi connectivity index (χ2v) is 2.94. The summed E-state index contributed by atoms with van der Waals surface area (Å²) in [6.45, 7) is 7.29. The maximum Gasteiger partial charge on any atom is 0.0729 e. The van der Waals surface area contributed by atoms with Crippen molar-refractivity contribution in [2.24, 2.45) is 0 Å². The summed E-state index contributed by atoms with van der Waals surface area (Å²) >= 11 is 0. The van der Waals surface area contributed by atoms with E-state index in [1.165, 1.54) is 0 Å². The lowest BCUT2D eigenvalue weighted by Gasteiger charge is -2.18. The molecule has 0 bridgehead atoms. The highest BCUT2D eigenvalue weighted by Crippen LogP contribution is 2.09. The third kappa shape index (κ3) is 6.56. The predicted octanol–water partition coefficient (Wildman–Crippen LogP) is 2.12. The minimum Gasteiger partial charge on any atom is -0.379 e. The molecule has 0 N–H and O–H groups in total. The summed E-state index contributed by atoms with van der Waals surface area (Å²) < 4.78 is 10.8. The molecule has 0 aliphatic heterocycles. The van der Waals surface area contributed by atoms with Crippen LogP contribution in [0, 0.1) is 11.3 Å². The average Bonchev–Trinajstić information content (AvgIpc) is 2.05. The third-order valence-corrected chi connectivity index (χ3v) is 1.77. The average molecular weight is 185 g/mol. The number of rotatable bonds is 7. The van der Waals surface area contributed by atoms with Gasteiger partial charge in [0.1, 0.15) is 0 Å². The van der Waals surface area contributed by atoms with E-state index in [4.69, 9.17) is 14.7 Å². The fraction of sp³-hybridized carbons (Fsp3) is 0.900. The van der Waals surface area contributed by atoms with Crippen molar-refractivity contribution >= 4 is 0 Å². The van der Waals surface area contributed by atoms with Crippen LogP contribution in [0.5, 0.6) is 0 Å². The number of hydrogen-bond donors (Lipinski definition) is 0. The lowest BCUT2D eigenvalue weighted by Crippen LogP contribution is -2.20. The van der Waals surface area contributed by atoms with Gasteiger partial charge >= 0.3 is 0 Å². The van der Waals surface area contributed by atoms with Crippen LogP contribution in [0.25, 0.3) is 0 Å². The van der Waals surface area contributed by atoms with Gasteiger partial charge in [0.25, 0.3) is 0 Å². The van der Waals surface area contributed by atoms with Crippen LogP contribution in [0.15, 0.2) is 0 Å². The lowest BCUT2D eigenvalue weighted by molar-refractivity contribution is -0.000530. The van der Waals surface area contributed by atoms with E-state index in [-0.39, 0.29) is 12.2 Å². The zero-order valence-corrected chi connectivity index (χ0v) is 8.75. The topological polar surface area (TPSA) is 42.2 Å². The highest BCUT2D eigenvalue weighted by atomic mass is 16.5. The van der Waals surface area contributed by atoms with E-state index in [1.54, 1.807) is 0 Å². The molecular weight excluding hydrogens is 166 g/mol. The second kappa shape index (κ2) is 8.03. The molecule has 0 amide bonds. The van der Waals surface area contributed by atoms with Crippen molar-refractivity contribution < 1.29 is 9.47 Å². The molecule has 13 heavy (non-hydrogen) atoms. The highest BCUT2D eigenvalue weighted by Gasteiger charge is 2.12. The van der Waals surface area contributed by atoms with E-state index in [0.717, 1.165) is 6.42 Å². The zero-order chi connectivity index (χ0) is 10.1. The highest BCUT2D eigenvalue weighted by molar-refractivity contribution is 4.77. The molecular formula is C10H19NO2. The maximum atomic E-state index is 8.54. The smallest absolute Gasteiger partial charge is 0.0729 e. The molecule has 0 aromatic heterocycles. The molecule has 0 aromatic rings. The Hall–Kier alpha value is -0.590. The Labute approximate surface area is 80.6 Å². The number of nitrogens with zero attached hydrogens (tertiary/aromatic N) is 1. The molecule has 3 nitrogen and oxygen atoms in total. The Morgan fingerprint density at radius 2 is 1.85 bits per heavy atom. The second-order valence-electron chi connectivity index (χ2n) is 2.94. The third-order valence-electron chi connectivity index (χ3n) is 1.77. The zero-order valence-electron chi connectivity index (χ0n) is 8.75. The quantitative estimate of drug-likeness (QED) is 0.610. The van der Waals surface area contributed by atoms with Gasteiger partial charge in [-0.15, -0.1) is 0 Å². The first-order valence-corrected chi connectivity index (χ1v) is 4.84. The van der Waals surface area contributed by atoms with E-state index < -0.39 is 0 Å². The summed E-state index contributed by atoms with van der Waals surface area (Å²) in [4.78, 5) is 0. The normalized spacial score (nSPS) is 14.9. The summed E-state index contributed by atoms with van der Waals surface area (Å²) in [6, 6.07) is 2.12. The molecule has 0 aliphatic carbocycles. The van der Waals surface area contributed by atoms with Crippen molar-refractivity contribution in [1.82, 2.24) is 0 Å². The summed E-state index contributed by atoms with van der Waals surface area (Å²) in [5, 5.41) is 8.54. The van der Waals surface area contributed by atoms with Gasteiger partial charge in [-0.3, -0.25) is 0 Å². The number of nitriles is 1. The van der Waals surface area contributed by atoms with Crippen LogP contribution >= 0.6 is 0 Å². The molecule has 0 rings (SSSR count). The van der Waals surface area contributed by atoms with Crippen molar-refractivity contribution in [3.05, 3.63) is 0 Å². The Balaban J connectivity index is 3.73. The molecule has 0 saturated carbocycles. The first-order chi connectivity index (χ1) is 6.24. The molecule has 0 saturated heterocycles. The van der Waals surface area contributed by atoms with Crippen LogP contribution in [-0.4, -0.2) is 25.4 Å². The van der Waals surface area contributed by atoms with Crippen LogP contribution in [0.3, 0.4) is 0 Å². The van der Waals surface area contributed by atoms with Gasteiger partial charge in [0.2, 0.25) is 0 Å². The van der Waals surface area contributed by atoms with E-state index in [1.807, 2.05) is 20.8 Å². The minimum absolute atomic E-state index is 0.0246. The first-order valence-electron chi connectivity index (χ1n) is 4.84. The molecule has 2 atom stereocenters. The lowest BCUT2D eigenvalue weighted by atomic mass is 10.1. The van der Waals surface area contributed by atoms with Crippen LogP contribution in [0.4, 0.5) is 0 Å².